The number of aromatic nitrogens is 11. The summed E-state index contributed by atoms with van der Waals surface area (Å²) in [5.74, 6) is 1.57. The highest BCUT2D eigenvalue weighted by Gasteiger charge is 2.39. The third kappa shape index (κ3) is 12.9. The second-order valence-electron chi connectivity index (χ2n) is 21.8. The van der Waals surface area contributed by atoms with Gasteiger partial charge in [-0.1, -0.05) is 107 Å². The topological polar surface area (TPSA) is 207 Å². The van der Waals surface area contributed by atoms with Crippen LogP contribution in [0, 0.1) is 25.2 Å². The molecule has 17 nitrogen and oxygen atoms in total. The first-order valence-corrected chi connectivity index (χ1v) is 30.9. The van der Waals surface area contributed by atoms with Crippen LogP contribution in [0.25, 0.3) is 45.5 Å². The zero-order valence-electron chi connectivity index (χ0n) is 48.8. The SMILES string of the molecule is CC(C)c1nnc2c(C#N)c(C(F)(F)F)/c(=C/c3sc(N(C(C)C)C(C)C)nc3C(C)(C)C)c(=O)n12.CCCCSc1nc2/c(=C\c3sc(C)nc3-c3ccsc3)c3ccccc3c(=O)n2n1.Cc1ccc(N=C2C=CC(=O)c3ncnn32)cc1. The number of fused-ring (bicyclic) bond motifs is 4. The number of carbonyl (C=O) groups excluding carboxylic acids is 1. The first-order valence-electron chi connectivity index (χ1n) is 27.4. The molecule has 0 unspecified atom stereocenters. The van der Waals surface area contributed by atoms with Crippen molar-refractivity contribution in [3.05, 3.63) is 164 Å². The molecule has 0 saturated heterocycles. The van der Waals surface area contributed by atoms with E-state index in [1.807, 2.05) is 111 Å². The molecule has 0 spiro atoms. The second kappa shape index (κ2) is 25.2. The van der Waals surface area contributed by atoms with Crippen molar-refractivity contribution in [3.8, 4) is 17.3 Å². The number of alkyl halides is 3. The van der Waals surface area contributed by atoms with E-state index in [-0.39, 0.29) is 40.8 Å². The quantitative estimate of drug-likeness (QED) is 0.0824. The van der Waals surface area contributed by atoms with E-state index in [0.717, 1.165) is 60.4 Å². The molecule has 0 atom stereocenters. The molecule has 0 N–H and O–H groups in total. The molecule has 0 amide bonds. The van der Waals surface area contributed by atoms with Gasteiger partial charge in [0.2, 0.25) is 16.8 Å². The van der Waals surface area contributed by atoms with E-state index in [1.165, 1.54) is 44.6 Å². The number of nitriles is 1. The maximum Gasteiger partial charge on any atom is 0.418 e. The fraction of sp³-hybridized carbons (Fsp3) is 0.328. The highest BCUT2D eigenvalue weighted by atomic mass is 32.2. The first kappa shape index (κ1) is 61.5. The molecule has 8 aromatic heterocycles. The number of nitrogens with zero attached hydrogens (tertiary/aromatic N) is 14. The molecule has 0 bridgehead atoms. The van der Waals surface area contributed by atoms with Crippen LogP contribution in [0.1, 0.15) is 142 Å². The molecule has 85 heavy (non-hydrogen) atoms. The van der Waals surface area contributed by atoms with Gasteiger partial charge in [0.1, 0.15) is 23.8 Å². The van der Waals surface area contributed by atoms with E-state index in [2.05, 4.69) is 65.1 Å². The lowest BCUT2D eigenvalue weighted by atomic mass is 9.91. The number of thioether (sulfide) groups is 1. The van der Waals surface area contributed by atoms with Crippen LogP contribution in [0.5, 0.6) is 0 Å². The zero-order chi connectivity index (χ0) is 61.2. The van der Waals surface area contributed by atoms with Gasteiger partial charge in [0.05, 0.1) is 42.6 Å². The molecular weight excluding hydrogens is 1160 g/mol. The van der Waals surface area contributed by atoms with E-state index >= 15 is 0 Å². The molecule has 0 radical (unpaired) electrons. The summed E-state index contributed by atoms with van der Waals surface area (Å²) in [5.41, 5.74) is 1.29. The van der Waals surface area contributed by atoms with Gasteiger partial charge in [-0.3, -0.25) is 14.4 Å². The van der Waals surface area contributed by atoms with Crippen LogP contribution in [-0.4, -0.2) is 83.4 Å². The van der Waals surface area contributed by atoms with E-state index in [0.29, 0.717) is 43.6 Å². The Morgan fingerprint density at radius 1 is 0.835 bits per heavy atom. The number of benzene rings is 2. The van der Waals surface area contributed by atoms with Crippen molar-refractivity contribution in [2.75, 3.05) is 10.7 Å². The Labute approximate surface area is 504 Å². The Morgan fingerprint density at radius 3 is 2.18 bits per heavy atom. The van der Waals surface area contributed by atoms with Crippen molar-refractivity contribution in [2.45, 2.75) is 131 Å². The standard InChI is InChI=1S/C25H31F3N6OS.C23H20N4OS3.C13H10N4O/c1-12(2)20-31-32-21-16(11-29)18(25(26,27)28)15(22(35)34(20)21)10-17-19(24(7,8)9)30-23(36-17)33(13(3)4)14(5)6;1-3-4-10-30-23-25-21-18(16-7-5-6-8-17(16)22(28)27(21)26-23)12-19-20(24-14(2)31-19)15-9-11-29-13-15;1-9-2-4-10(5-3-9)16-12-7-6-11(18)13-14-8-15-17(12)13/h10,12-14H,1-9H3;5-9,11-13H,3-4,10H2,1-2H3;2-8H,1H3/b15-10-;18-12-;. The number of aryl methyl sites for hydroxylation is 2. The van der Waals surface area contributed by atoms with Crippen LogP contribution in [0.4, 0.5) is 24.0 Å². The lowest BCUT2D eigenvalue weighted by Crippen LogP contribution is -2.39. The van der Waals surface area contributed by atoms with Gasteiger partial charge in [-0.05, 0) is 107 Å². The van der Waals surface area contributed by atoms with E-state index in [9.17, 15) is 32.8 Å². The van der Waals surface area contributed by atoms with E-state index in [1.54, 1.807) is 60.4 Å². The summed E-state index contributed by atoms with van der Waals surface area (Å²) < 4.78 is 47.0. The number of ketones is 1. The zero-order valence-corrected chi connectivity index (χ0v) is 52.1. The highest BCUT2D eigenvalue weighted by Crippen LogP contribution is 2.37. The average Bonchev–Trinajstić information content (AvgIpc) is 2.04. The molecule has 10 aromatic rings. The minimum absolute atomic E-state index is 0.102. The third-order valence-corrected chi connectivity index (χ3v) is 17.0. The van der Waals surface area contributed by atoms with Gasteiger partial charge in [0.15, 0.2) is 22.3 Å². The Kier molecular flexibility index (Phi) is 18.2. The molecule has 2 aromatic carbocycles. The van der Waals surface area contributed by atoms with Crippen LogP contribution in [0.2, 0.25) is 0 Å². The Hall–Kier alpha value is -8.11. The van der Waals surface area contributed by atoms with Crippen molar-refractivity contribution in [3.63, 3.8) is 0 Å². The molecule has 9 heterocycles. The number of aliphatic imine (C=N–C) groups is 1. The number of hydrogen-bond donors (Lipinski definition) is 0. The van der Waals surface area contributed by atoms with E-state index < -0.39 is 33.5 Å². The van der Waals surface area contributed by atoms with Gasteiger partial charge in [0.25, 0.3) is 11.1 Å². The van der Waals surface area contributed by atoms with Crippen LogP contribution >= 0.6 is 45.8 Å². The number of carbonyl (C=O) groups is 1. The number of thiazole rings is 2. The number of pyridine rings is 2. The number of allylic oxidation sites excluding steroid dienone is 2. The minimum atomic E-state index is -4.96. The van der Waals surface area contributed by atoms with Gasteiger partial charge in [-0.25, -0.2) is 29.3 Å². The van der Waals surface area contributed by atoms with Crippen molar-refractivity contribution >= 4 is 102 Å². The lowest BCUT2D eigenvalue weighted by molar-refractivity contribution is -0.138. The third-order valence-electron chi connectivity index (χ3n) is 13.4. The van der Waals surface area contributed by atoms with Gasteiger partial charge in [-0.2, -0.15) is 44.1 Å². The molecule has 0 aliphatic carbocycles. The summed E-state index contributed by atoms with van der Waals surface area (Å²) in [4.78, 5) is 64.5. The molecule has 0 saturated carbocycles. The van der Waals surface area contributed by atoms with Crippen molar-refractivity contribution in [2.24, 2.45) is 4.99 Å². The number of anilines is 1. The Bertz CT molecular complexity index is 4460. The summed E-state index contributed by atoms with van der Waals surface area (Å²) in [7, 11) is 0. The second-order valence-corrected chi connectivity index (χ2v) is 25.9. The summed E-state index contributed by atoms with van der Waals surface area (Å²) in [6, 6.07) is 19.4. The van der Waals surface area contributed by atoms with Gasteiger partial charge in [-0.15, -0.1) is 26.6 Å². The summed E-state index contributed by atoms with van der Waals surface area (Å²) in [6.45, 7) is 23.5. The lowest BCUT2D eigenvalue weighted by Gasteiger charge is -2.30. The number of unbranched alkanes of at least 4 members (excludes halogenated alkanes) is 1. The Balaban J connectivity index is 0.000000160. The number of hydrogen-bond acceptors (Lipinski definition) is 18. The molecular formula is C61H61F3N14O3S4. The normalized spacial score (nSPS) is 13.6. The van der Waals surface area contributed by atoms with Crippen molar-refractivity contribution in [1.82, 2.24) is 53.9 Å². The van der Waals surface area contributed by atoms with E-state index in [4.69, 9.17) is 15.0 Å². The molecule has 0 fully saturated rings. The largest absolute Gasteiger partial charge is 0.418 e. The maximum absolute atomic E-state index is 14.4. The maximum atomic E-state index is 14.4. The first-order chi connectivity index (χ1) is 40.4. The molecule has 11 rings (SSSR count). The highest BCUT2D eigenvalue weighted by molar-refractivity contribution is 7.99. The smallest absolute Gasteiger partial charge is 0.343 e. The minimum Gasteiger partial charge on any atom is -0.343 e. The van der Waals surface area contributed by atoms with Gasteiger partial charge < -0.3 is 4.90 Å². The van der Waals surface area contributed by atoms with Crippen LogP contribution in [0.15, 0.2) is 104 Å². The van der Waals surface area contributed by atoms with Crippen LogP contribution < -0.4 is 26.5 Å². The fourth-order valence-corrected chi connectivity index (χ4v) is 13.4. The van der Waals surface area contributed by atoms with Gasteiger partial charge >= 0.3 is 6.18 Å². The number of thiophene rings is 1. The average molecular weight is 1220 g/mol. The fourth-order valence-electron chi connectivity index (χ4n) is 9.52. The monoisotopic (exact) mass is 1220 g/mol. The van der Waals surface area contributed by atoms with Crippen LogP contribution in [-0.2, 0) is 11.6 Å². The molecule has 24 heteroatoms. The molecule has 1 aliphatic heterocycles. The van der Waals surface area contributed by atoms with Crippen molar-refractivity contribution < 1.29 is 18.0 Å². The predicted octanol–water partition coefficient (Wildman–Crippen LogP) is 12.1. The summed E-state index contributed by atoms with van der Waals surface area (Å²) in [5, 5.41) is 34.3. The number of halogens is 3. The Morgan fingerprint density at radius 2 is 1.54 bits per heavy atom. The molecule has 1 aliphatic rings. The van der Waals surface area contributed by atoms with Crippen LogP contribution in [0.3, 0.4) is 0 Å². The summed E-state index contributed by atoms with van der Waals surface area (Å²) in [6.07, 6.45) is 5.05. The number of rotatable bonds is 12. The summed E-state index contributed by atoms with van der Waals surface area (Å²) >= 11 is 6.15. The predicted molar refractivity (Wildman–Crippen MR) is 334 cm³/mol. The molecule has 438 valence electrons. The van der Waals surface area contributed by atoms with Crippen molar-refractivity contribution in [1.29, 1.82) is 5.26 Å². The van der Waals surface area contributed by atoms with Gasteiger partial charge in [0, 0.05) is 50.7 Å².